The van der Waals surface area contributed by atoms with Crippen LogP contribution in [0, 0.1) is 0 Å². The Hall–Kier alpha value is -2.32. The van der Waals surface area contributed by atoms with Crippen LogP contribution in [0.5, 0.6) is 11.5 Å². The first-order valence-electron chi connectivity index (χ1n) is 10.1. The van der Waals surface area contributed by atoms with E-state index in [0.29, 0.717) is 50.5 Å². The van der Waals surface area contributed by atoms with Gasteiger partial charge >= 0.3 is 0 Å². The summed E-state index contributed by atoms with van der Waals surface area (Å²) in [7, 11) is 3.13. The maximum atomic E-state index is 13.0. The van der Waals surface area contributed by atoms with Crippen molar-refractivity contribution >= 4 is 11.8 Å². The zero-order chi connectivity index (χ0) is 20.8. The van der Waals surface area contributed by atoms with Gasteiger partial charge in [0.1, 0.15) is 6.10 Å². The Kier molecular flexibility index (Phi) is 7.33. The number of carbonyl (C=O) groups excluding carboxylic acids is 2. The van der Waals surface area contributed by atoms with E-state index in [0.717, 1.165) is 18.5 Å². The largest absolute Gasteiger partial charge is 0.493 e. The molecule has 1 N–H and O–H groups in total. The molecule has 2 fully saturated rings. The van der Waals surface area contributed by atoms with Gasteiger partial charge < -0.3 is 29.1 Å². The first-order valence-corrected chi connectivity index (χ1v) is 10.1. The van der Waals surface area contributed by atoms with Crippen molar-refractivity contribution in [3.8, 4) is 11.5 Å². The van der Waals surface area contributed by atoms with Crippen LogP contribution in [-0.2, 0) is 14.3 Å². The van der Waals surface area contributed by atoms with Crippen molar-refractivity contribution in [2.24, 2.45) is 0 Å². The Morgan fingerprint density at radius 3 is 2.69 bits per heavy atom. The molecule has 2 saturated heterocycles. The number of ether oxygens (including phenoxy) is 3. The Bertz CT molecular complexity index is 725. The predicted molar refractivity (Wildman–Crippen MR) is 106 cm³/mol. The van der Waals surface area contributed by atoms with Crippen molar-refractivity contribution in [1.82, 2.24) is 9.80 Å². The lowest BCUT2D eigenvalue weighted by molar-refractivity contribution is -0.150. The summed E-state index contributed by atoms with van der Waals surface area (Å²) in [5.41, 5.74) is 0.824. The molecular formula is C21H30N2O6. The molecule has 0 aliphatic carbocycles. The molecule has 8 nitrogen and oxygen atoms in total. The SMILES string of the molecule is COc1ccc(C2C(CO)OCCN2C(=O)CCCN2CCCC2=O)cc1OC. The zero-order valence-corrected chi connectivity index (χ0v) is 17.1. The number of aliphatic hydroxyl groups excluding tert-OH is 1. The molecule has 2 unspecified atom stereocenters. The Balaban J connectivity index is 1.73. The summed E-state index contributed by atoms with van der Waals surface area (Å²) in [6, 6.07) is 5.07. The van der Waals surface area contributed by atoms with Gasteiger partial charge in [0.15, 0.2) is 11.5 Å². The number of benzene rings is 1. The zero-order valence-electron chi connectivity index (χ0n) is 17.1. The van der Waals surface area contributed by atoms with Crippen LogP contribution in [0.3, 0.4) is 0 Å². The normalized spacial score (nSPS) is 22.1. The van der Waals surface area contributed by atoms with Gasteiger partial charge in [-0.25, -0.2) is 0 Å². The fraction of sp³-hybridized carbons (Fsp3) is 0.619. The standard InChI is InChI=1S/C21H30N2O6/c1-27-16-8-7-15(13-17(16)28-2)21-18(14-24)29-12-11-23(21)20(26)6-4-10-22-9-3-5-19(22)25/h7-8,13,18,21,24H,3-6,9-12,14H2,1-2H3. The molecule has 2 amide bonds. The first kappa shape index (κ1) is 21.4. The first-order chi connectivity index (χ1) is 14.1. The van der Waals surface area contributed by atoms with Crippen molar-refractivity contribution in [1.29, 1.82) is 0 Å². The minimum Gasteiger partial charge on any atom is -0.493 e. The van der Waals surface area contributed by atoms with Gasteiger partial charge in [-0.3, -0.25) is 9.59 Å². The summed E-state index contributed by atoms with van der Waals surface area (Å²) in [5.74, 6) is 1.33. The van der Waals surface area contributed by atoms with E-state index in [1.54, 1.807) is 25.2 Å². The van der Waals surface area contributed by atoms with Crippen molar-refractivity contribution in [2.75, 3.05) is 47.1 Å². The van der Waals surface area contributed by atoms with Gasteiger partial charge in [-0.15, -0.1) is 0 Å². The minimum atomic E-state index is -0.508. The Morgan fingerprint density at radius 2 is 2.03 bits per heavy atom. The van der Waals surface area contributed by atoms with E-state index in [9.17, 15) is 14.7 Å². The molecule has 3 rings (SSSR count). The average molecular weight is 406 g/mol. The van der Waals surface area contributed by atoms with E-state index >= 15 is 0 Å². The van der Waals surface area contributed by atoms with Gasteiger partial charge in [0.25, 0.3) is 0 Å². The highest BCUT2D eigenvalue weighted by molar-refractivity contribution is 5.79. The Labute approximate surface area is 171 Å². The fourth-order valence-corrected chi connectivity index (χ4v) is 4.10. The molecule has 0 bridgehead atoms. The number of aliphatic hydroxyl groups is 1. The van der Waals surface area contributed by atoms with E-state index in [2.05, 4.69) is 0 Å². The summed E-state index contributed by atoms with van der Waals surface area (Å²) in [5, 5.41) is 9.84. The highest BCUT2D eigenvalue weighted by Gasteiger charge is 2.36. The molecular weight excluding hydrogens is 376 g/mol. The van der Waals surface area contributed by atoms with Crippen LogP contribution in [0.4, 0.5) is 0 Å². The maximum absolute atomic E-state index is 13.0. The lowest BCUT2D eigenvalue weighted by Gasteiger charge is -2.41. The van der Waals surface area contributed by atoms with E-state index in [1.165, 1.54) is 0 Å². The van der Waals surface area contributed by atoms with Crippen LogP contribution in [0.1, 0.15) is 37.3 Å². The molecule has 2 aliphatic heterocycles. The number of likely N-dealkylation sites (tertiary alicyclic amines) is 1. The van der Waals surface area contributed by atoms with Crippen LogP contribution in [0.25, 0.3) is 0 Å². The van der Waals surface area contributed by atoms with Gasteiger partial charge in [0, 0.05) is 32.5 Å². The summed E-state index contributed by atoms with van der Waals surface area (Å²) in [6.45, 7) is 2.04. The van der Waals surface area contributed by atoms with E-state index in [4.69, 9.17) is 14.2 Å². The Morgan fingerprint density at radius 1 is 1.24 bits per heavy atom. The topological polar surface area (TPSA) is 88.5 Å². The second kappa shape index (κ2) is 9.93. The summed E-state index contributed by atoms with van der Waals surface area (Å²) in [6.07, 6.45) is 1.98. The van der Waals surface area contributed by atoms with Crippen molar-refractivity contribution in [2.45, 2.75) is 37.8 Å². The van der Waals surface area contributed by atoms with Gasteiger partial charge in [-0.1, -0.05) is 6.07 Å². The fourth-order valence-electron chi connectivity index (χ4n) is 4.10. The molecule has 29 heavy (non-hydrogen) atoms. The van der Waals surface area contributed by atoms with Crippen LogP contribution in [0.2, 0.25) is 0 Å². The van der Waals surface area contributed by atoms with Crippen LogP contribution >= 0.6 is 0 Å². The smallest absolute Gasteiger partial charge is 0.223 e. The molecule has 160 valence electrons. The average Bonchev–Trinajstić information content (AvgIpc) is 3.17. The number of hydrogen-bond donors (Lipinski definition) is 1. The third-order valence-electron chi connectivity index (χ3n) is 5.59. The quantitative estimate of drug-likeness (QED) is 0.702. The van der Waals surface area contributed by atoms with Gasteiger partial charge in [0.2, 0.25) is 11.8 Å². The number of amides is 2. The van der Waals surface area contributed by atoms with Crippen LogP contribution in [0.15, 0.2) is 18.2 Å². The molecule has 0 spiro atoms. The highest BCUT2D eigenvalue weighted by Crippen LogP contribution is 2.36. The van der Waals surface area contributed by atoms with Crippen molar-refractivity contribution in [3.05, 3.63) is 23.8 Å². The second-order valence-corrected chi connectivity index (χ2v) is 7.33. The van der Waals surface area contributed by atoms with Crippen molar-refractivity contribution < 1.29 is 28.9 Å². The number of carbonyl (C=O) groups is 2. The summed E-state index contributed by atoms with van der Waals surface area (Å²) < 4.78 is 16.4. The lowest BCUT2D eigenvalue weighted by atomic mass is 9.97. The monoisotopic (exact) mass is 406 g/mol. The highest BCUT2D eigenvalue weighted by atomic mass is 16.5. The minimum absolute atomic E-state index is 0.00168. The molecule has 0 aromatic heterocycles. The molecule has 1 aromatic carbocycles. The van der Waals surface area contributed by atoms with Gasteiger partial charge in [-0.05, 0) is 30.5 Å². The molecule has 0 saturated carbocycles. The van der Waals surface area contributed by atoms with E-state index in [-0.39, 0.29) is 18.4 Å². The van der Waals surface area contributed by atoms with Crippen LogP contribution in [-0.4, -0.2) is 79.9 Å². The number of hydrogen-bond acceptors (Lipinski definition) is 6. The molecule has 2 aliphatic rings. The molecule has 8 heteroatoms. The van der Waals surface area contributed by atoms with Crippen LogP contribution < -0.4 is 9.47 Å². The third-order valence-corrected chi connectivity index (χ3v) is 5.59. The summed E-state index contributed by atoms with van der Waals surface area (Å²) >= 11 is 0. The van der Waals surface area contributed by atoms with Gasteiger partial charge in [-0.2, -0.15) is 0 Å². The number of methoxy groups -OCH3 is 2. The van der Waals surface area contributed by atoms with Crippen molar-refractivity contribution in [3.63, 3.8) is 0 Å². The predicted octanol–water partition coefficient (Wildman–Crippen LogP) is 1.37. The van der Waals surface area contributed by atoms with Gasteiger partial charge in [0.05, 0.1) is 33.5 Å². The second-order valence-electron chi connectivity index (χ2n) is 7.33. The molecule has 2 heterocycles. The molecule has 1 aromatic rings. The number of morpholine rings is 1. The lowest BCUT2D eigenvalue weighted by Crippen LogP contribution is -2.49. The summed E-state index contributed by atoms with van der Waals surface area (Å²) in [4.78, 5) is 28.4. The maximum Gasteiger partial charge on any atom is 0.223 e. The third kappa shape index (κ3) is 4.82. The number of nitrogens with zero attached hydrogens (tertiary/aromatic N) is 2. The number of rotatable bonds is 8. The van der Waals surface area contributed by atoms with E-state index < -0.39 is 12.1 Å². The molecule has 0 radical (unpaired) electrons. The molecule has 2 atom stereocenters. The van der Waals surface area contributed by atoms with E-state index in [1.807, 2.05) is 17.0 Å².